The molecule has 28 nitrogen and oxygen atoms in total. The van der Waals surface area contributed by atoms with Gasteiger partial charge in [-0.3, -0.25) is 44.2 Å². The molecule has 7 N–H and O–H groups in total. The molecule has 5 aromatic heterocycles. The fourth-order valence-electron chi connectivity index (χ4n) is 12.4. The second-order valence-electron chi connectivity index (χ2n) is 28.8. The lowest BCUT2D eigenvalue weighted by Crippen LogP contribution is -2.01. The van der Waals surface area contributed by atoms with E-state index in [2.05, 4.69) is 51.5 Å². The third-order valence-electron chi connectivity index (χ3n) is 19.6. The fraction of sp³-hybridized carbons (Fsp3) is 0.0566. The number of ketones is 5. The number of aromatic nitrogens is 5. The Morgan fingerprint density at radius 1 is 0.290 bits per heavy atom. The van der Waals surface area contributed by atoms with Gasteiger partial charge in [0.1, 0.15) is 34.8 Å². The number of pyridine rings is 5. The van der Waals surface area contributed by atoms with Crippen molar-refractivity contribution in [3.63, 3.8) is 0 Å². The lowest BCUT2D eigenvalue weighted by molar-refractivity contribution is -0.385. The molecule has 694 valence electrons. The molecule has 0 saturated carbocycles. The number of carbonyl (C=O) groups excluding carboxylic acids is 5. The van der Waals surface area contributed by atoms with Crippen LogP contribution < -0.4 is 60.7 Å². The van der Waals surface area contributed by atoms with Crippen LogP contribution >= 0.6 is 46.4 Å². The van der Waals surface area contributed by atoms with Crippen LogP contribution in [-0.2, 0) is 0 Å². The second kappa shape index (κ2) is 51.5. The molecule has 0 aliphatic heterocycles. The summed E-state index contributed by atoms with van der Waals surface area (Å²) in [6.45, 7) is 0. The van der Waals surface area contributed by atoms with Crippen LogP contribution in [0.1, 0.15) is 79.6 Å². The monoisotopic (exact) mass is 1920 g/mol. The number of nitrogens with one attached hydrogen (secondary N) is 5. The van der Waals surface area contributed by atoms with Crippen LogP contribution in [0.3, 0.4) is 0 Å². The molecule has 15 rings (SSSR count). The Morgan fingerprint density at radius 2 is 0.536 bits per heavy atom. The number of anilines is 11. The number of nitrogens with two attached hydrogens (primary N) is 1. The molecule has 32 heteroatoms. The predicted octanol–water partition coefficient (Wildman–Crippen LogP) is 25.7. The number of carbonyl (C=O) groups is 5. The van der Waals surface area contributed by atoms with E-state index in [9.17, 15) is 44.2 Å². The van der Waals surface area contributed by atoms with Gasteiger partial charge in [-0.1, -0.05) is 46.4 Å². The van der Waals surface area contributed by atoms with Gasteiger partial charge in [-0.15, -0.1) is 0 Å². The number of benzene rings is 10. The van der Waals surface area contributed by atoms with Gasteiger partial charge < -0.3 is 60.7 Å². The summed E-state index contributed by atoms with van der Waals surface area (Å²) in [5.74, 6) is 5.12. The molecule has 0 aliphatic rings. The van der Waals surface area contributed by atoms with Crippen LogP contribution in [-0.4, -0.2) is 106 Å². The maximum atomic E-state index is 12.8. The van der Waals surface area contributed by atoms with E-state index in [4.69, 9.17) is 80.6 Å². The summed E-state index contributed by atoms with van der Waals surface area (Å²) < 4.78 is 31.4. The van der Waals surface area contributed by atoms with Gasteiger partial charge in [0.25, 0.3) is 11.4 Å². The number of non-ortho nitro benzene ring substituents is 2. The normalized spacial score (nSPS) is 10.7. The van der Waals surface area contributed by atoms with E-state index in [1.54, 1.807) is 257 Å². The van der Waals surface area contributed by atoms with Gasteiger partial charge >= 0.3 is 0 Å². The molecule has 0 spiro atoms. The van der Waals surface area contributed by atoms with E-state index < -0.39 is 9.85 Å². The van der Waals surface area contributed by atoms with Crippen molar-refractivity contribution < 1.29 is 62.2 Å². The lowest BCUT2D eigenvalue weighted by atomic mass is 10.1. The van der Waals surface area contributed by atoms with Crippen molar-refractivity contribution in [2.75, 3.05) is 75.0 Å². The molecule has 10 aromatic carbocycles. The maximum Gasteiger partial charge on any atom is 0.269 e. The summed E-state index contributed by atoms with van der Waals surface area (Å²) >= 11 is 23.5. The van der Waals surface area contributed by atoms with Crippen molar-refractivity contribution in [3.8, 4) is 34.5 Å². The first kappa shape index (κ1) is 101. The van der Waals surface area contributed by atoms with Crippen LogP contribution in [0.25, 0.3) is 30.4 Å². The Morgan fingerprint density at radius 3 is 0.812 bits per heavy atom. The van der Waals surface area contributed by atoms with Crippen molar-refractivity contribution in [1.82, 2.24) is 24.9 Å². The van der Waals surface area contributed by atoms with Crippen molar-refractivity contribution in [2.24, 2.45) is 0 Å². The van der Waals surface area contributed by atoms with E-state index in [0.29, 0.717) is 140 Å². The minimum Gasteiger partial charge on any atom is -0.497 e. The number of nitrogens with zero attached hydrogens (tertiary/aromatic N) is 7. The first-order valence-corrected chi connectivity index (χ1v) is 43.1. The summed E-state index contributed by atoms with van der Waals surface area (Å²) in [5, 5.41) is 40.1. The zero-order valence-electron chi connectivity index (χ0n) is 74.6. The standard InChI is InChI=1S/C23H21N3O6.C22H19N3O5.C21H17ClN2O2.C20H14Cl2N2O.C20H16ClN3O/c1-30-20-13-16(14-21(31-2)22(20)32-3)19(27)11-6-15-5-4-12-24-23(15)25-17-7-9-18(10-8-17)26(28)29;1-29-20-12-6-16(14-21(20)30-2)19(26)11-5-15-4-3-13-23-22(15)24-17-7-9-18(10-8-17)25(27)28;1-26-19-11-4-15(5-12-19)20(25)13-6-16-3-2-14-23-21(16)24-18-9-7-17(22)8-10-18;21-16-6-3-14(4-7-16)19(25)12-5-15-2-1-13-23-20(15)24-18-10-8-17(22)9-11-18;21-16-6-10-18(11-7-16)24-20-15(2-1-13-23-20)5-12-19(25)14-3-8-17(22)9-4-14/h4-14H,1-3H3,(H,24,25);3-14H,1-2H3,(H,23,24);2-14H,1H3,(H,23,24);1-13H,(H,23,24);1-13H,22H2,(H,23,24)/b11-6+;11-5+;13-6+;2*12-5+. The van der Waals surface area contributed by atoms with Crippen LogP contribution in [0.2, 0.25) is 20.1 Å². The summed E-state index contributed by atoms with van der Waals surface area (Å²) in [6, 6.07) is 80.9. The van der Waals surface area contributed by atoms with Gasteiger partial charge in [0.15, 0.2) is 51.9 Å². The highest BCUT2D eigenvalue weighted by atomic mass is 35.5. The van der Waals surface area contributed by atoms with Crippen LogP contribution in [0, 0.1) is 20.2 Å². The SMILES string of the molecule is COc1cc(C(=O)/C=C/c2cccnc2Nc2ccc([N+](=O)[O-])cc2)cc(OC)c1OC.COc1ccc(C(=O)/C=C/c2cccnc2Nc2ccc(Cl)cc2)cc1.COc1ccc(C(=O)/C=C/c2cccnc2Nc2ccc([N+](=O)[O-])cc2)cc1OC.Nc1ccc(C(=O)/C=C/c2cccnc2Nc2ccc(Cl)cc2)cc1.O=C(/C=C/c1cccnc1Nc1ccc(Cl)cc1)c1ccc(Cl)cc1. The number of methoxy groups -OCH3 is 6. The quantitative estimate of drug-likeness (QED) is 0.00731. The fourth-order valence-corrected chi connectivity index (χ4v) is 12.9. The smallest absolute Gasteiger partial charge is 0.269 e. The third kappa shape index (κ3) is 30.6. The molecule has 0 atom stereocenters. The minimum absolute atomic E-state index is 0.00204. The van der Waals surface area contributed by atoms with E-state index in [0.717, 1.165) is 33.8 Å². The zero-order chi connectivity index (χ0) is 98.2. The number of rotatable bonds is 33. The summed E-state index contributed by atoms with van der Waals surface area (Å²) in [4.78, 5) is 104. The average molecular weight is 1920 g/mol. The van der Waals surface area contributed by atoms with E-state index in [-0.39, 0.29) is 40.3 Å². The van der Waals surface area contributed by atoms with Gasteiger partial charge in [-0.2, -0.15) is 0 Å². The highest BCUT2D eigenvalue weighted by Crippen LogP contribution is 2.39. The van der Waals surface area contributed by atoms with Gasteiger partial charge in [-0.25, -0.2) is 24.9 Å². The maximum absolute atomic E-state index is 12.8. The molecule has 0 bridgehead atoms. The summed E-state index contributed by atoms with van der Waals surface area (Å²) in [6.07, 6.45) is 24.2. The number of allylic oxidation sites excluding steroid dienone is 5. The highest BCUT2D eigenvalue weighted by Gasteiger charge is 2.19. The predicted molar refractivity (Wildman–Crippen MR) is 546 cm³/mol. The zero-order valence-corrected chi connectivity index (χ0v) is 77.7. The van der Waals surface area contributed by atoms with Crippen LogP contribution in [0.4, 0.5) is 74.6 Å². The number of nitro benzene ring substituents is 2. The van der Waals surface area contributed by atoms with Gasteiger partial charge in [0, 0.05) is 165 Å². The average Bonchev–Trinajstić information content (AvgIpc) is 0.810. The number of hydrogen-bond donors (Lipinski definition) is 6. The van der Waals surface area contributed by atoms with Crippen molar-refractivity contribution in [2.45, 2.75) is 0 Å². The second-order valence-corrected chi connectivity index (χ2v) is 30.5. The van der Waals surface area contributed by atoms with Crippen molar-refractivity contribution in [1.29, 1.82) is 0 Å². The number of halogens is 4. The molecular formula is C106H87Cl4N13O15. The molecule has 15 aromatic rings. The Kier molecular flexibility index (Phi) is 37.8. The molecule has 0 saturated heterocycles. The number of hydrogen-bond acceptors (Lipinski definition) is 26. The number of ether oxygens (including phenoxy) is 6. The first-order valence-electron chi connectivity index (χ1n) is 41.6. The van der Waals surface area contributed by atoms with Crippen LogP contribution in [0.5, 0.6) is 34.5 Å². The summed E-state index contributed by atoms with van der Waals surface area (Å²) in [7, 11) is 9.08. The Bertz CT molecular complexity index is 6720. The molecule has 0 aliphatic carbocycles. The number of nitrogen functional groups attached to an aromatic ring is 1. The van der Waals surface area contributed by atoms with E-state index in [1.165, 1.54) is 90.2 Å². The minimum atomic E-state index is -0.465. The van der Waals surface area contributed by atoms with Crippen molar-refractivity contribution in [3.05, 3.63) is 442 Å². The largest absolute Gasteiger partial charge is 0.497 e. The molecule has 0 unspecified atom stereocenters. The van der Waals surface area contributed by atoms with Gasteiger partial charge in [-0.05, 0) is 322 Å². The highest BCUT2D eigenvalue weighted by molar-refractivity contribution is 6.31. The van der Waals surface area contributed by atoms with Gasteiger partial charge in [0.2, 0.25) is 5.75 Å². The summed E-state index contributed by atoms with van der Waals surface area (Å²) in [5.41, 5.74) is 16.5. The first-order chi connectivity index (χ1) is 66.9. The van der Waals surface area contributed by atoms with Crippen LogP contribution in [0.15, 0.2) is 346 Å². The van der Waals surface area contributed by atoms with E-state index in [1.807, 2.05) is 72.8 Å². The Labute approximate surface area is 814 Å². The number of nitro groups is 2. The lowest BCUT2D eigenvalue weighted by Gasteiger charge is -2.13. The molecule has 5 heterocycles. The van der Waals surface area contributed by atoms with Gasteiger partial charge in [0.05, 0.1) is 52.5 Å². The molecule has 138 heavy (non-hydrogen) atoms. The molecule has 0 radical (unpaired) electrons. The van der Waals surface area contributed by atoms with Crippen molar-refractivity contribution >= 4 is 180 Å². The molecular weight excluding hydrogens is 1840 g/mol. The molecule has 0 amide bonds. The Hall–Kier alpha value is -17.4. The Balaban J connectivity index is 0.000000166. The third-order valence-corrected chi connectivity index (χ3v) is 20.6. The molecule has 0 fully saturated rings. The van der Waals surface area contributed by atoms with E-state index >= 15 is 0 Å². The topological polar surface area (TPSA) is 378 Å².